The lowest BCUT2D eigenvalue weighted by Crippen LogP contribution is -2.32. The number of benzene rings is 4. The van der Waals surface area contributed by atoms with Gasteiger partial charge in [-0.15, -0.1) is 35.1 Å². The predicted molar refractivity (Wildman–Crippen MR) is 256 cm³/mol. The number of thiazole rings is 2. The molecule has 2 aliphatic heterocycles. The van der Waals surface area contributed by atoms with Crippen LogP contribution in [0.15, 0.2) is 83.8 Å². The molecule has 0 radical (unpaired) electrons. The minimum atomic E-state index is 0. The van der Waals surface area contributed by atoms with Gasteiger partial charge in [0.15, 0.2) is 0 Å². The molecule has 0 amide bonds. The van der Waals surface area contributed by atoms with Gasteiger partial charge < -0.3 is 29.5 Å². The van der Waals surface area contributed by atoms with Crippen LogP contribution >= 0.6 is 97.4 Å². The van der Waals surface area contributed by atoms with Crippen molar-refractivity contribution in [3.63, 3.8) is 0 Å². The van der Waals surface area contributed by atoms with Gasteiger partial charge in [0.1, 0.15) is 11.5 Å². The number of nitrogens with zero attached hydrogens (tertiary/aromatic N) is 5. The lowest BCUT2D eigenvalue weighted by Gasteiger charge is -2.25. The van der Waals surface area contributed by atoms with Gasteiger partial charge in [0.25, 0.3) is 0 Å². The molecule has 2 aliphatic rings. The van der Waals surface area contributed by atoms with Gasteiger partial charge >= 0.3 is 0 Å². The molecule has 2 saturated heterocycles. The van der Waals surface area contributed by atoms with Crippen molar-refractivity contribution in [1.82, 2.24) is 20.2 Å². The average Bonchev–Trinajstić information content (AvgIpc) is 3.73. The van der Waals surface area contributed by atoms with Crippen LogP contribution in [-0.2, 0) is 0 Å². The summed E-state index contributed by atoms with van der Waals surface area (Å²) in [5, 5.41) is 6.91. The summed E-state index contributed by atoms with van der Waals surface area (Å²) in [5.74, 6) is 1.81. The molecule has 0 aliphatic carbocycles. The highest BCUT2D eigenvalue weighted by atomic mass is 79.9. The molecule has 312 valence electrons. The van der Waals surface area contributed by atoms with E-state index in [1.54, 1.807) is 22.7 Å². The minimum Gasteiger partial charge on any atom is -0.493 e. The third kappa shape index (κ3) is 13.9. The molecule has 0 saturated carbocycles. The lowest BCUT2D eigenvalue weighted by molar-refractivity contribution is 0.244. The molecule has 2 fully saturated rings. The molecule has 2 aromatic heterocycles. The molecule has 16 heteroatoms. The number of nitrogens with one attached hydrogen (secondary N) is 1. The van der Waals surface area contributed by atoms with E-state index in [0.29, 0.717) is 20.1 Å². The Balaban J connectivity index is 0.000000180. The normalized spacial score (nSPS) is 14.7. The van der Waals surface area contributed by atoms with Crippen molar-refractivity contribution in [2.75, 3.05) is 87.2 Å². The standard InChI is InChI=1S/C21H23Cl2N3OS.C11H14Cl2N2.C10H10BrNOS.ClH/c22-17-4-1-5-19(21(17)23)26-10-2-8-25(11-12-26)9-3-13-27-16-6-7-20-18(14-16)24-15-28-20;12-9-3-1-4-10(11(9)13)15-7-2-5-14-6-8-15;11-4-1-5-13-8-2-3-10-9(6-8)12-7-14-10;/h1,4-7,14-15H,2-3,8-13H2;1,3-4,14H,2,5-8H2;2-3,6-7H,1,4-5H2;1H. The van der Waals surface area contributed by atoms with E-state index in [4.69, 9.17) is 55.9 Å². The Kier molecular flexibility index (Phi) is 20.0. The van der Waals surface area contributed by atoms with Crippen molar-refractivity contribution in [2.24, 2.45) is 0 Å². The highest BCUT2D eigenvalue weighted by Crippen LogP contribution is 2.34. The van der Waals surface area contributed by atoms with E-state index >= 15 is 0 Å². The topological polar surface area (TPSA) is 66.0 Å². The largest absolute Gasteiger partial charge is 0.493 e. The third-order valence-corrected chi connectivity index (χ3v) is 13.3. The second-order valence-corrected chi connectivity index (χ2v) is 17.6. The quantitative estimate of drug-likeness (QED) is 0.102. The van der Waals surface area contributed by atoms with Crippen molar-refractivity contribution in [3.8, 4) is 11.5 Å². The molecular formula is C42H48BrCl5N6O2S2. The third-order valence-electron chi connectivity index (χ3n) is 9.51. The fraction of sp³-hybridized carbons (Fsp3) is 0.381. The number of anilines is 2. The van der Waals surface area contributed by atoms with E-state index in [2.05, 4.69) is 64.1 Å². The van der Waals surface area contributed by atoms with Crippen LogP contribution in [0.5, 0.6) is 11.5 Å². The summed E-state index contributed by atoms with van der Waals surface area (Å²) in [5.41, 5.74) is 7.84. The van der Waals surface area contributed by atoms with E-state index in [0.717, 1.165) is 137 Å². The number of fused-ring (bicyclic) bond motifs is 2. The Hall–Kier alpha value is -2.29. The average molecular weight is 990 g/mol. The molecule has 0 unspecified atom stereocenters. The van der Waals surface area contributed by atoms with Crippen LogP contribution in [0.4, 0.5) is 11.4 Å². The monoisotopic (exact) mass is 986 g/mol. The molecular weight excluding hydrogens is 942 g/mol. The molecule has 0 bridgehead atoms. The molecule has 8 nitrogen and oxygen atoms in total. The maximum Gasteiger partial charge on any atom is 0.121 e. The van der Waals surface area contributed by atoms with E-state index in [1.807, 2.05) is 65.6 Å². The van der Waals surface area contributed by atoms with Crippen molar-refractivity contribution in [2.45, 2.75) is 25.7 Å². The zero-order valence-corrected chi connectivity index (χ0v) is 39.1. The Labute approximate surface area is 384 Å². The molecule has 4 aromatic carbocycles. The summed E-state index contributed by atoms with van der Waals surface area (Å²) in [7, 11) is 0. The zero-order chi connectivity index (χ0) is 39.8. The van der Waals surface area contributed by atoms with Gasteiger partial charge in [0.2, 0.25) is 0 Å². The summed E-state index contributed by atoms with van der Waals surface area (Å²) >= 11 is 31.4. The highest BCUT2D eigenvalue weighted by Gasteiger charge is 2.18. The van der Waals surface area contributed by atoms with Crippen LogP contribution < -0.4 is 24.6 Å². The Bertz CT molecular complexity index is 2140. The van der Waals surface area contributed by atoms with Gasteiger partial charge in [0.05, 0.1) is 76.1 Å². The summed E-state index contributed by atoms with van der Waals surface area (Å²) < 4.78 is 13.9. The van der Waals surface area contributed by atoms with Crippen LogP contribution in [0, 0.1) is 0 Å². The smallest absolute Gasteiger partial charge is 0.121 e. The zero-order valence-electron chi connectivity index (χ0n) is 32.1. The first-order valence-corrected chi connectivity index (χ1v) is 23.6. The fourth-order valence-corrected chi connectivity index (χ4v) is 8.95. The molecule has 0 spiro atoms. The van der Waals surface area contributed by atoms with Crippen LogP contribution in [0.2, 0.25) is 20.1 Å². The van der Waals surface area contributed by atoms with E-state index < -0.39 is 0 Å². The van der Waals surface area contributed by atoms with Crippen LogP contribution in [0.1, 0.15) is 25.7 Å². The van der Waals surface area contributed by atoms with Crippen LogP contribution in [0.25, 0.3) is 20.4 Å². The molecule has 6 aromatic rings. The summed E-state index contributed by atoms with van der Waals surface area (Å²) in [6.45, 7) is 10.7. The SMILES string of the molecule is BrCCCOc1ccc2scnc2c1.Cl.Clc1cccc(N2CCCN(CCCOc3ccc4scnc4c3)CC2)c1Cl.Clc1cccc(N2CCCNCC2)c1Cl. The molecule has 1 N–H and O–H groups in total. The van der Waals surface area contributed by atoms with Crippen molar-refractivity contribution in [1.29, 1.82) is 0 Å². The second kappa shape index (κ2) is 24.8. The number of alkyl halides is 1. The van der Waals surface area contributed by atoms with E-state index in [1.165, 1.54) is 9.40 Å². The summed E-state index contributed by atoms with van der Waals surface area (Å²) in [6.07, 6.45) is 4.29. The van der Waals surface area contributed by atoms with Gasteiger partial charge in [-0.25, -0.2) is 9.97 Å². The minimum absolute atomic E-state index is 0. The Morgan fingerprint density at radius 2 is 1.21 bits per heavy atom. The number of rotatable bonds is 11. The van der Waals surface area contributed by atoms with Crippen LogP contribution in [-0.4, -0.2) is 92.3 Å². The van der Waals surface area contributed by atoms with Crippen molar-refractivity contribution >= 4 is 129 Å². The Morgan fingerprint density at radius 1 is 0.638 bits per heavy atom. The molecule has 4 heterocycles. The van der Waals surface area contributed by atoms with Crippen molar-refractivity contribution < 1.29 is 9.47 Å². The highest BCUT2D eigenvalue weighted by molar-refractivity contribution is 9.09. The second-order valence-electron chi connectivity index (χ2n) is 13.5. The van der Waals surface area contributed by atoms with Gasteiger partial charge in [-0.2, -0.15) is 0 Å². The summed E-state index contributed by atoms with van der Waals surface area (Å²) in [6, 6.07) is 23.8. The van der Waals surface area contributed by atoms with Gasteiger partial charge in [-0.05, 0) is 87.3 Å². The molecule has 8 rings (SSSR count). The van der Waals surface area contributed by atoms with Gasteiger partial charge in [-0.1, -0.05) is 74.5 Å². The van der Waals surface area contributed by atoms with E-state index in [9.17, 15) is 0 Å². The maximum absolute atomic E-state index is 6.40. The first-order valence-electron chi connectivity index (χ1n) is 19.2. The number of halogens is 6. The number of hydrogen-bond donors (Lipinski definition) is 1. The number of aromatic nitrogens is 2. The number of hydrogen-bond acceptors (Lipinski definition) is 10. The van der Waals surface area contributed by atoms with Crippen LogP contribution in [0.3, 0.4) is 0 Å². The number of ether oxygens (including phenoxy) is 2. The summed E-state index contributed by atoms with van der Waals surface area (Å²) in [4.78, 5) is 15.7. The predicted octanol–water partition coefficient (Wildman–Crippen LogP) is 12.3. The lowest BCUT2D eigenvalue weighted by atomic mass is 10.2. The van der Waals surface area contributed by atoms with Crippen molar-refractivity contribution in [3.05, 3.63) is 104 Å². The first kappa shape index (κ1) is 46.8. The maximum atomic E-state index is 6.40. The van der Waals surface area contributed by atoms with Gasteiger partial charge in [0, 0.05) is 63.3 Å². The Morgan fingerprint density at radius 3 is 1.81 bits per heavy atom. The molecule has 0 atom stereocenters. The molecule has 58 heavy (non-hydrogen) atoms. The fourth-order valence-electron chi connectivity index (χ4n) is 6.57. The first-order chi connectivity index (χ1) is 27.9. The van der Waals surface area contributed by atoms with E-state index in [-0.39, 0.29) is 12.4 Å². The van der Waals surface area contributed by atoms with Gasteiger partial charge in [-0.3, -0.25) is 0 Å².